The Morgan fingerprint density at radius 3 is 2.12 bits per heavy atom. The highest BCUT2D eigenvalue weighted by molar-refractivity contribution is 5.77. The lowest BCUT2D eigenvalue weighted by molar-refractivity contribution is -0.348. The van der Waals surface area contributed by atoms with Crippen LogP contribution in [0, 0.1) is 11.8 Å². The van der Waals surface area contributed by atoms with Gasteiger partial charge in [0.05, 0.1) is 0 Å². The van der Waals surface area contributed by atoms with Crippen molar-refractivity contribution < 1.29 is 35.5 Å². The molecule has 1 aromatic carbocycles. The average Bonchev–Trinajstić information content (AvgIpc) is 2.95. The van der Waals surface area contributed by atoms with Gasteiger partial charge in [0.2, 0.25) is 5.91 Å². The Hall–Kier alpha value is -1.80. The first-order chi connectivity index (χ1) is 11.9. The van der Waals surface area contributed by atoms with E-state index in [4.69, 9.17) is 5.73 Å². The van der Waals surface area contributed by atoms with Gasteiger partial charge < -0.3 is 5.73 Å². The Balaban J connectivity index is 2.02. The first kappa shape index (κ1) is 19.0. The van der Waals surface area contributed by atoms with Crippen molar-refractivity contribution in [3.8, 4) is 0 Å². The Bertz CT molecular complexity index is 711. The van der Waals surface area contributed by atoms with Crippen LogP contribution in [-0.4, -0.2) is 18.3 Å². The second-order valence-electron chi connectivity index (χ2n) is 6.96. The number of alkyl halides is 7. The number of carbonyl (C=O) groups is 1. The van der Waals surface area contributed by atoms with Gasteiger partial charge in [-0.3, -0.25) is 4.79 Å². The first-order valence-corrected chi connectivity index (χ1v) is 8.13. The number of halogens is 7. The number of nitrogens with two attached hydrogens (primary N) is 1. The predicted octanol–water partition coefficient (Wildman–Crippen LogP) is 4.52. The van der Waals surface area contributed by atoms with Crippen molar-refractivity contribution in [2.24, 2.45) is 17.6 Å². The summed E-state index contributed by atoms with van der Waals surface area (Å²) in [5.41, 5.74) is -0.664. The van der Waals surface area contributed by atoms with Crippen molar-refractivity contribution in [2.45, 2.75) is 49.6 Å². The molecule has 2 aliphatic rings. The molecule has 0 aromatic heterocycles. The van der Waals surface area contributed by atoms with E-state index in [0.717, 1.165) is 6.07 Å². The van der Waals surface area contributed by atoms with Gasteiger partial charge in [-0.05, 0) is 48.6 Å². The fraction of sp³-hybridized carbons (Fsp3) is 0.588. The van der Waals surface area contributed by atoms with Crippen molar-refractivity contribution in [1.29, 1.82) is 0 Å². The number of hydrogen-bond acceptors (Lipinski definition) is 1. The SMILES string of the molecule is NC(=O)[C@@H]1CC[C@H]2c3ccc(C(F)(C(F)(F)F)C(F)(F)F)cc3CC[C@@H]12. The number of fused-ring (bicyclic) bond motifs is 3. The Morgan fingerprint density at radius 1 is 0.962 bits per heavy atom. The van der Waals surface area contributed by atoms with E-state index in [0.29, 0.717) is 37.0 Å². The van der Waals surface area contributed by atoms with E-state index in [2.05, 4.69) is 0 Å². The predicted molar refractivity (Wildman–Crippen MR) is 77.8 cm³/mol. The van der Waals surface area contributed by atoms with E-state index >= 15 is 0 Å². The number of aryl methyl sites for hydroxylation is 1. The van der Waals surface area contributed by atoms with Crippen LogP contribution in [0.4, 0.5) is 30.7 Å². The first-order valence-electron chi connectivity index (χ1n) is 8.13. The van der Waals surface area contributed by atoms with Gasteiger partial charge in [-0.1, -0.05) is 18.2 Å². The minimum atomic E-state index is -6.12. The zero-order valence-electron chi connectivity index (χ0n) is 13.4. The highest BCUT2D eigenvalue weighted by atomic mass is 19.4. The van der Waals surface area contributed by atoms with Crippen LogP contribution in [-0.2, 0) is 16.9 Å². The quantitative estimate of drug-likeness (QED) is 0.750. The molecule has 0 aliphatic heterocycles. The number of primary amides is 1. The highest BCUT2D eigenvalue weighted by Crippen LogP contribution is 2.55. The summed E-state index contributed by atoms with van der Waals surface area (Å²) in [7, 11) is 0. The summed E-state index contributed by atoms with van der Waals surface area (Å²) in [6, 6.07) is 2.36. The van der Waals surface area contributed by atoms with E-state index < -0.39 is 29.5 Å². The highest BCUT2D eigenvalue weighted by Gasteiger charge is 2.73. The Labute approximate surface area is 144 Å². The number of amides is 1. The second kappa shape index (κ2) is 5.85. The van der Waals surface area contributed by atoms with Crippen molar-refractivity contribution in [3.63, 3.8) is 0 Å². The molecule has 9 heteroatoms. The summed E-state index contributed by atoms with van der Waals surface area (Å²) in [5.74, 6) is -1.03. The van der Waals surface area contributed by atoms with Gasteiger partial charge >= 0.3 is 18.0 Å². The molecule has 3 rings (SSSR count). The minimum absolute atomic E-state index is 0.0776. The molecule has 3 atom stereocenters. The summed E-state index contributed by atoms with van der Waals surface area (Å²) in [6.07, 6.45) is -10.5. The van der Waals surface area contributed by atoms with E-state index in [-0.39, 0.29) is 29.7 Å². The molecule has 1 saturated carbocycles. The van der Waals surface area contributed by atoms with Gasteiger partial charge in [-0.25, -0.2) is 4.39 Å². The van der Waals surface area contributed by atoms with Crippen LogP contribution in [0.3, 0.4) is 0 Å². The molecule has 2 nitrogen and oxygen atoms in total. The molecular weight excluding hydrogens is 367 g/mol. The third-order valence-electron chi connectivity index (χ3n) is 5.66. The lowest BCUT2D eigenvalue weighted by atomic mass is 9.73. The fourth-order valence-electron chi connectivity index (χ4n) is 4.42. The number of hydrogen-bond donors (Lipinski definition) is 1. The summed E-state index contributed by atoms with van der Waals surface area (Å²) in [6.45, 7) is 0. The maximum absolute atomic E-state index is 14.2. The summed E-state index contributed by atoms with van der Waals surface area (Å²) in [4.78, 5) is 11.5. The summed E-state index contributed by atoms with van der Waals surface area (Å²) < 4.78 is 91.8. The normalized spacial score (nSPS) is 26.3. The second-order valence-corrected chi connectivity index (χ2v) is 6.96. The number of rotatable bonds is 2. The van der Waals surface area contributed by atoms with Crippen LogP contribution in [0.1, 0.15) is 41.9 Å². The molecule has 1 amide bonds. The van der Waals surface area contributed by atoms with Crippen LogP contribution >= 0.6 is 0 Å². The molecule has 0 saturated heterocycles. The van der Waals surface area contributed by atoms with Gasteiger partial charge in [0.15, 0.2) is 0 Å². The van der Waals surface area contributed by atoms with Crippen molar-refractivity contribution in [2.75, 3.05) is 0 Å². The molecule has 2 N–H and O–H groups in total. The Morgan fingerprint density at radius 2 is 1.58 bits per heavy atom. The third-order valence-corrected chi connectivity index (χ3v) is 5.66. The lowest BCUT2D eigenvalue weighted by Crippen LogP contribution is -2.50. The third kappa shape index (κ3) is 2.66. The van der Waals surface area contributed by atoms with Gasteiger partial charge in [0.25, 0.3) is 0 Å². The van der Waals surface area contributed by atoms with Gasteiger partial charge in [-0.2, -0.15) is 26.3 Å². The molecule has 0 unspecified atom stereocenters. The van der Waals surface area contributed by atoms with Crippen molar-refractivity contribution in [3.05, 3.63) is 34.9 Å². The van der Waals surface area contributed by atoms with Crippen LogP contribution in [0.15, 0.2) is 18.2 Å². The van der Waals surface area contributed by atoms with Crippen LogP contribution in [0.5, 0.6) is 0 Å². The molecule has 0 bridgehead atoms. The Kier molecular flexibility index (Phi) is 4.27. The van der Waals surface area contributed by atoms with E-state index in [1.54, 1.807) is 0 Å². The zero-order chi connectivity index (χ0) is 19.5. The largest absolute Gasteiger partial charge is 0.435 e. The minimum Gasteiger partial charge on any atom is -0.369 e. The molecule has 1 aromatic rings. The summed E-state index contributed by atoms with van der Waals surface area (Å²) >= 11 is 0. The van der Waals surface area contributed by atoms with Gasteiger partial charge in [-0.15, -0.1) is 0 Å². The van der Waals surface area contributed by atoms with Gasteiger partial charge in [0.1, 0.15) is 0 Å². The van der Waals surface area contributed by atoms with E-state index in [1.165, 1.54) is 0 Å². The van der Waals surface area contributed by atoms with Crippen LogP contribution in [0.2, 0.25) is 0 Å². The average molecular weight is 383 g/mol. The topological polar surface area (TPSA) is 43.1 Å². The van der Waals surface area contributed by atoms with Crippen molar-refractivity contribution in [1.82, 2.24) is 0 Å². The maximum atomic E-state index is 14.2. The molecule has 26 heavy (non-hydrogen) atoms. The smallest absolute Gasteiger partial charge is 0.369 e. The van der Waals surface area contributed by atoms with E-state index in [1.807, 2.05) is 0 Å². The standard InChI is InChI=1S/C17H16F7NO/c18-15(16(19,20)21,17(22,23)24)9-2-4-10-8(7-9)1-3-12-11(10)5-6-13(12)14(25)26/h2,4,7,11-13H,1,3,5-6H2,(H2,25,26)/t11-,12+,13+/m0/s1. The lowest BCUT2D eigenvalue weighted by Gasteiger charge is -2.34. The maximum Gasteiger partial charge on any atom is 0.435 e. The monoisotopic (exact) mass is 383 g/mol. The fourth-order valence-corrected chi connectivity index (χ4v) is 4.42. The van der Waals surface area contributed by atoms with Crippen molar-refractivity contribution >= 4 is 5.91 Å². The summed E-state index contributed by atoms with van der Waals surface area (Å²) in [5, 5.41) is 0. The molecular formula is C17H16F7NO. The van der Waals surface area contributed by atoms with Gasteiger partial charge in [0, 0.05) is 11.5 Å². The van der Waals surface area contributed by atoms with E-state index in [9.17, 15) is 35.5 Å². The number of carbonyl (C=O) groups excluding carboxylic acids is 1. The zero-order valence-corrected chi connectivity index (χ0v) is 13.4. The molecule has 0 radical (unpaired) electrons. The molecule has 2 aliphatic carbocycles. The van der Waals surface area contributed by atoms with Crippen LogP contribution in [0.25, 0.3) is 0 Å². The van der Waals surface area contributed by atoms with Crippen LogP contribution < -0.4 is 5.73 Å². The molecule has 0 spiro atoms. The number of benzene rings is 1. The molecule has 1 fully saturated rings. The molecule has 0 heterocycles. The molecule has 144 valence electrons.